The van der Waals surface area contributed by atoms with E-state index in [0.29, 0.717) is 5.92 Å². The molecule has 2 unspecified atom stereocenters. The fraction of sp³-hybridized carbons (Fsp3) is 0.923. The van der Waals surface area contributed by atoms with Crippen molar-refractivity contribution in [2.24, 2.45) is 11.7 Å². The van der Waals surface area contributed by atoms with Gasteiger partial charge in [-0.2, -0.15) is 11.8 Å². The number of nitrogens with two attached hydrogens (primary N) is 1. The fourth-order valence-electron chi connectivity index (χ4n) is 2.86. The zero-order valence-electron chi connectivity index (χ0n) is 11.6. The van der Waals surface area contributed by atoms with Crippen molar-refractivity contribution in [3.05, 3.63) is 0 Å². The van der Waals surface area contributed by atoms with Gasteiger partial charge in [0.25, 0.3) is 0 Å². The highest BCUT2D eigenvalue weighted by Crippen LogP contribution is 2.48. The summed E-state index contributed by atoms with van der Waals surface area (Å²) in [5.74, 6) is 1.72. The smallest absolute Gasteiger partial charge is 0.410 e. The van der Waals surface area contributed by atoms with Crippen molar-refractivity contribution in [2.75, 3.05) is 25.4 Å². The lowest BCUT2D eigenvalue weighted by Crippen LogP contribution is -2.41. The molecule has 2 heterocycles. The largest absolute Gasteiger partial charge is 0.444 e. The minimum absolute atomic E-state index is 0.178. The molecule has 0 bridgehead atoms. The molecule has 2 aliphatic heterocycles. The van der Waals surface area contributed by atoms with Crippen LogP contribution in [-0.2, 0) is 4.74 Å². The van der Waals surface area contributed by atoms with Gasteiger partial charge in [-0.1, -0.05) is 0 Å². The van der Waals surface area contributed by atoms with Crippen LogP contribution in [-0.4, -0.2) is 46.7 Å². The molecule has 4 nitrogen and oxygen atoms in total. The van der Waals surface area contributed by atoms with E-state index in [0.717, 1.165) is 26.1 Å². The molecule has 0 aliphatic carbocycles. The molecular weight excluding hydrogens is 248 g/mol. The summed E-state index contributed by atoms with van der Waals surface area (Å²) >= 11 is 1.99. The topological polar surface area (TPSA) is 55.6 Å². The molecule has 0 aromatic rings. The van der Waals surface area contributed by atoms with Crippen molar-refractivity contribution >= 4 is 17.9 Å². The number of ether oxygens (including phenoxy) is 1. The van der Waals surface area contributed by atoms with Gasteiger partial charge in [0, 0.05) is 17.8 Å². The van der Waals surface area contributed by atoms with E-state index in [2.05, 4.69) is 0 Å². The third kappa shape index (κ3) is 2.77. The van der Waals surface area contributed by atoms with Gasteiger partial charge in [-0.05, 0) is 51.8 Å². The lowest BCUT2D eigenvalue weighted by molar-refractivity contribution is 0.0288. The van der Waals surface area contributed by atoms with Crippen LogP contribution >= 0.6 is 11.8 Å². The normalized spacial score (nSPS) is 32.2. The predicted molar refractivity (Wildman–Crippen MR) is 74.8 cm³/mol. The molecule has 2 aliphatic rings. The third-order valence-corrected chi connectivity index (χ3v) is 5.48. The molecule has 2 rings (SSSR count). The number of hydrogen-bond donors (Lipinski definition) is 1. The summed E-state index contributed by atoms with van der Waals surface area (Å²) in [5, 5.41) is 0. The van der Waals surface area contributed by atoms with Crippen molar-refractivity contribution in [2.45, 2.75) is 44.0 Å². The van der Waals surface area contributed by atoms with E-state index in [1.165, 1.54) is 12.2 Å². The number of thioether (sulfide) groups is 1. The summed E-state index contributed by atoms with van der Waals surface area (Å²) in [6.07, 6.45) is 2.06. The Bertz CT molecular complexity index is 329. The Kier molecular flexibility index (Phi) is 3.83. The lowest BCUT2D eigenvalue weighted by atomic mass is 9.89. The highest BCUT2D eigenvalue weighted by atomic mass is 32.2. The first-order chi connectivity index (χ1) is 8.36. The van der Waals surface area contributed by atoms with Gasteiger partial charge >= 0.3 is 6.09 Å². The lowest BCUT2D eigenvalue weighted by Gasteiger charge is -2.30. The Morgan fingerprint density at radius 2 is 2.28 bits per heavy atom. The van der Waals surface area contributed by atoms with Crippen LogP contribution in [0.4, 0.5) is 4.79 Å². The Hall–Kier alpha value is -0.420. The molecule has 0 aromatic carbocycles. The highest BCUT2D eigenvalue weighted by molar-refractivity contribution is 8.01. The van der Waals surface area contributed by atoms with Crippen LogP contribution in [0.1, 0.15) is 33.6 Å². The number of carbonyl (C=O) groups is 1. The van der Waals surface area contributed by atoms with Gasteiger partial charge in [0.1, 0.15) is 5.60 Å². The number of hydrogen-bond acceptors (Lipinski definition) is 4. The SMILES string of the molecule is CC(C)(C)OC(=O)N1CCC2(C1)SCCC2CN. The summed E-state index contributed by atoms with van der Waals surface area (Å²) in [4.78, 5) is 13.9. The molecule has 1 amide bonds. The maximum atomic E-state index is 12.1. The van der Waals surface area contributed by atoms with Crippen LogP contribution in [0, 0.1) is 5.92 Å². The molecule has 2 atom stereocenters. The van der Waals surface area contributed by atoms with E-state index < -0.39 is 5.60 Å². The summed E-state index contributed by atoms with van der Waals surface area (Å²) in [6.45, 7) is 8.05. The Morgan fingerprint density at radius 3 is 2.89 bits per heavy atom. The highest BCUT2D eigenvalue weighted by Gasteiger charge is 2.49. The summed E-state index contributed by atoms with van der Waals surface area (Å²) in [5.41, 5.74) is 5.45. The van der Waals surface area contributed by atoms with Gasteiger partial charge in [-0.3, -0.25) is 0 Å². The number of carbonyl (C=O) groups excluding carboxylic acids is 1. The second-order valence-corrected chi connectivity index (χ2v) is 7.80. The second kappa shape index (κ2) is 4.93. The van der Waals surface area contributed by atoms with Gasteiger partial charge in [0.15, 0.2) is 0 Å². The molecule has 1 spiro atoms. The van der Waals surface area contributed by atoms with E-state index in [4.69, 9.17) is 10.5 Å². The monoisotopic (exact) mass is 272 g/mol. The van der Waals surface area contributed by atoms with E-state index >= 15 is 0 Å². The van der Waals surface area contributed by atoms with Crippen LogP contribution < -0.4 is 5.73 Å². The number of likely N-dealkylation sites (tertiary alicyclic amines) is 1. The maximum absolute atomic E-state index is 12.1. The zero-order valence-corrected chi connectivity index (χ0v) is 12.4. The second-order valence-electron chi connectivity index (χ2n) is 6.29. The molecule has 5 heteroatoms. The Labute approximate surface area is 114 Å². The van der Waals surface area contributed by atoms with E-state index in [1.807, 2.05) is 37.4 Å². The van der Waals surface area contributed by atoms with E-state index in [1.54, 1.807) is 0 Å². The van der Waals surface area contributed by atoms with Gasteiger partial charge < -0.3 is 15.4 Å². The van der Waals surface area contributed by atoms with Crippen molar-refractivity contribution in [3.63, 3.8) is 0 Å². The molecule has 0 saturated carbocycles. The van der Waals surface area contributed by atoms with Crippen LogP contribution in [0.3, 0.4) is 0 Å². The third-order valence-electron chi connectivity index (χ3n) is 3.80. The average Bonchev–Trinajstić information content (AvgIpc) is 2.84. The molecule has 2 N–H and O–H groups in total. The molecule has 104 valence electrons. The van der Waals surface area contributed by atoms with Crippen molar-refractivity contribution in [1.82, 2.24) is 4.90 Å². The predicted octanol–water partition coefficient (Wildman–Crippen LogP) is 2.08. The van der Waals surface area contributed by atoms with E-state index in [9.17, 15) is 4.79 Å². The van der Waals surface area contributed by atoms with Crippen LogP contribution in [0.5, 0.6) is 0 Å². The number of amides is 1. The molecule has 0 aromatic heterocycles. The maximum Gasteiger partial charge on any atom is 0.410 e. The summed E-state index contributed by atoms with van der Waals surface area (Å²) < 4.78 is 5.64. The van der Waals surface area contributed by atoms with E-state index in [-0.39, 0.29) is 10.8 Å². The average molecular weight is 272 g/mol. The van der Waals surface area contributed by atoms with Crippen LogP contribution in [0.25, 0.3) is 0 Å². The number of nitrogens with zero attached hydrogens (tertiary/aromatic N) is 1. The van der Waals surface area contributed by atoms with Crippen molar-refractivity contribution in [3.8, 4) is 0 Å². The molecular formula is C13H24N2O2S. The standard InChI is InChI=1S/C13H24N2O2S/c1-12(2,3)17-11(16)15-6-5-13(9-15)10(8-14)4-7-18-13/h10H,4-9,14H2,1-3H3. The van der Waals surface area contributed by atoms with Crippen LogP contribution in [0.2, 0.25) is 0 Å². The van der Waals surface area contributed by atoms with Gasteiger partial charge in [0.2, 0.25) is 0 Å². The first-order valence-corrected chi connectivity index (χ1v) is 7.67. The Morgan fingerprint density at radius 1 is 1.56 bits per heavy atom. The van der Waals surface area contributed by atoms with Crippen LogP contribution in [0.15, 0.2) is 0 Å². The first kappa shape index (κ1) is 14.0. The molecule has 2 saturated heterocycles. The van der Waals surface area contributed by atoms with Gasteiger partial charge in [-0.15, -0.1) is 0 Å². The molecule has 18 heavy (non-hydrogen) atoms. The summed E-state index contributed by atoms with van der Waals surface area (Å²) in [6, 6.07) is 0. The van der Waals surface area contributed by atoms with Crippen molar-refractivity contribution in [1.29, 1.82) is 0 Å². The quantitative estimate of drug-likeness (QED) is 0.794. The van der Waals surface area contributed by atoms with Gasteiger partial charge in [0.05, 0.1) is 0 Å². The van der Waals surface area contributed by atoms with Crippen molar-refractivity contribution < 1.29 is 9.53 Å². The molecule has 0 radical (unpaired) electrons. The first-order valence-electron chi connectivity index (χ1n) is 6.68. The fourth-order valence-corrected chi connectivity index (χ4v) is 4.60. The number of rotatable bonds is 1. The molecule has 2 fully saturated rings. The van der Waals surface area contributed by atoms with Gasteiger partial charge in [-0.25, -0.2) is 4.79 Å². The minimum atomic E-state index is -0.414. The zero-order chi connectivity index (χ0) is 13.4. The minimum Gasteiger partial charge on any atom is -0.444 e. The summed E-state index contributed by atoms with van der Waals surface area (Å²) in [7, 11) is 0. The Balaban J connectivity index is 1.98.